The fourth-order valence-electron chi connectivity index (χ4n) is 3.74. The van der Waals surface area contributed by atoms with E-state index in [9.17, 15) is 14.7 Å². The largest absolute Gasteiger partial charge is 0.507 e. The van der Waals surface area contributed by atoms with E-state index in [0.717, 1.165) is 16.6 Å². The molecule has 1 heterocycles. The van der Waals surface area contributed by atoms with Crippen LogP contribution in [0.5, 0.6) is 5.75 Å². The lowest BCUT2D eigenvalue weighted by atomic mass is 9.95. The topological polar surface area (TPSA) is 70.1 Å². The zero-order valence-electron chi connectivity index (χ0n) is 18.3. The number of carbonyl (C=O) groups is 2. The number of likely N-dealkylation sites (tertiary alicyclic amines) is 1. The van der Waals surface area contributed by atoms with Crippen LogP contribution >= 0.6 is 27.5 Å². The van der Waals surface area contributed by atoms with Crippen molar-refractivity contribution < 1.29 is 19.4 Å². The van der Waals surface area contributed by atoms with E-state index in [1.54, 1.807) is 18.2 Å². The molecule has 170 valence electrons. The normalized spacial score (nSPS) is 17.9. The number of hydrogen-bond donors (Lipinski definition) is 1. The molecule has 2 aromatic rings. The second-order valence-electron chi connectivity index (χ2n) is 7.78. The molecule has 1 saturated heterocycles. The van der Waals surface area contributed by atoms with Crippen molar-refractivity contribution in [1.29, 1.82) is 0 Å². The molecular weight excluding hydrogens is 496 g/mol. The van der Waals surface area contributed by atoms with E-state index in [2.05, 4.69) is 15.9 Å². The van der Waals surface area contributed by atoms with Gasteiger partial charge in [-0.15, -0.1) is 0 Å². The summed E-state index contributed by atoms with van der Waals surface area (Å²) in [6, 6.07) is 11.5. The van der Waals surface area contributed by atoms with E-state index >= 15 is 0 Å². The Bertz CT molecular complexity index is 1040. The van der Waals surface area contributed by atoms with Gasteiger partial charge in [0.25, 0.3) is 11.7 Å². The van der Waals surface area contributed by atoms with Crippen molar-refractivity contribution in [3.8, 4) is 5.75 Å². The molecule has 1 fully saturated rings. The molecular formula is C24H26BrClN2O4. The summed E-state index contributed by atoms with van der Waals surface area (Å²) < 4.78 is 6.33. The summed E-state index contributed by atoms with van der Waals surface area (Å²) in [5, 5.41) is 11.5. The van der Waals surface area contributed by atoms with Crippen molar-refractivity contribution in [3.05, 3.63) is 68.7 Å². The summed E-state index contributed by atoms with van der Waals surface area (Å²) in [7, 11) is 3.91. The number of amides is 1. The molecule has 2 aromatic carbocycles. The molecule has 1 atom stereocenters. The number of rotatable bonds is 8. The van der Waals surface area contributed by atoms with Crippen LogP contribution in [-0.2, 0) is 9.59 Å². The SMILES string of the molecule is CCOc1ccc(/C(O)=C2\C(=O)C(=O)N(CCCN(C)C)[C@@H]2c2ccc(Br)cc2)cc1Cl. The minimum absolute atomic E-state index is 0.0578. The lowest BCUT2D eigenvalue weighted by Gasteiger charge is -2.26. The van der Waals surface area contributed by atoms with Gasteiger partial charge in [0.1, 0.15) is 11.5 Å². The quantitative estimate of drug-likeness (QED) is 0.305. The monoisotopic (exact) mass is 520 g/mol. The lowest BCUT2D eigenvalue weighted by molar-refractivity contribution is -0.139. The van der Waals surface area contributed by atoms with Crippen molar-refractivity contribution in [2.75, 3.05) is 33.8 Å². The molecule has 0 spiro atoms. The van der Waals surface area contributed by atoms with Crippen LogP contribution in [0, 0.1) is 0 Å². The van der Waals surface area contributed by atoms with Gasteiger partial charge in [-0.25, -0.2) is 0 Å². The van der Waals surface area contributed by atoms with Gasteiger partial charge in [0.2, 0.25) is 0 Å². The number of Topliss-reactive ketones (excluding diaryl/α,β-unsaturated/α-hetero) is 1. The van der Waals surface area contributed by atoms with Gasteiger partial charge in [-0.2, -0.15) is 0 Å². The molecule has 0 aliphatic carbocycles. The van der Waals surface area contributed by atoms with Crippen LogP contribution in [0.15, 0.2) is 52.5 Å². The maximum Gasteiger partial charge on any atom is 0.295 e. The second-order valence-corrected chi connectivity index (χ2v) is 9.10. The first-order chi connectivity index (χ1) is 15.2. The molecule has 1 N–H and O–H groups in total. The maximum atomic E-state index is 13.0. The van der Waals surface area contributed by atoms with Crippen molar-refractivity contribution in [2.24, 2.45) is 0 Å². The first-order valence-corrected chi connectivity index (χ1v) is 11.5. The van der Waals surface area contributed by atoms with Gasteiger partial charge >= 0.3 is 0 Å². The van der Waals surface area contributed by atoms with Gasteiger partial charge in [0, 0.05) is 16.6 Å². The number of aliphatic hydroxyl groups is 1. The molecule has 0 aromatic heterocycles. The molecule has 8 heteroatoms. The standard InChI is InChI=1S/C24H26BrClN2O4/c1-4-32-19-11-8-16(14-18(19)26)22(29)20-21(15-6-9-17(25)10-7-15)28(24(31)23(20)30)13-5-12-27(2)3/h6-11,14,21,29H,4-5,12-13H2,1-3H3/b22-20+/t21-/m1/s1. The zero-order chi connectivity index (χ0) is 23.4. The Hall–Kier alpha value is -2.35. The third-order valence-corrected chi connectivity index (χ3v) is 6.06. The Morgan fingerprint density at radius 3 is 2.47 bits per heavy atom. The highest BCUT2D eigenvalue weighted by atomic mass is 79.9. The number of ether oxygens (including phenoxy) is 1. The average Bonchev–Trinajstić information content (AvgIpc) is 3.00. The Morgan fingerprint density at radius 2 is 1.88 bits per heavy atom. The Morgan fingerprint density at radius 1 is 1.19 bits per heavy atom. The molecule has 1 aliphatic rings. The molecule has 0 unspecified atom stereocenters. The molecule has 0 radical (unpaired) electrons. The lowest BCUT2D eigenvalue weighted by Crippen LogP contribution is -2.32. The first kappa shape index (κ1) is 24.3. The summed E-state index contributed by atoms with van der Waals surface area (Å²) in [6.45, 7) is 3.46. The minimum atomic E-state index is -0.703. The van der Waals surface area contributed by atoms with E-state index in [1.165, 1.54) is 4.90 Å². The fraction of sp³-hybridized carbons (Fsp3) is 0.333. The summed E-state index contributed by atoms with van der Waals surface area (Å²) in [5.74, 6) is -1.09. The number of halogens is 2. The fourth-order valence-corrected chi connectivity index (χ4v) is 4.24. The highest BCUT2D eigenvalue weighted by Gasteiger charge is 2.45. The summed E-state index contributed by atoms with van der Waals surface area (Å²) in [4.78, 5) is 29.6. The third-order valence-electron chi connectivity index (χ3n) is 5.24. The van der Waals surface area contributed by atoms with Gasteiger partial charge in [-0.1, -0.05) is 39.7 Å². The van der Waals surface area contributed by atoms with Gasteiger partial charge in [-0.05, 0) is 69.9 Å². The van der Waals surface area contributed by atoms with E-state index < -0.39 is 17.7 Å². The highest BCUT2D eigenvalue weighted by molar-refractivity contribution is 9.10. The Kier molecular flexibility index (Phi) is 7.98. The van der Waals surface area contributed by atoms with Crippen LogP contribution in [0.1, 0.15) is 30.5 Å². The van der Waals surface area contributed by atoms with Crippen molar-refractivity contribution in [3.63, 3.8) is 0 Å². The maximum absolute atomic E-state index is 13.0. The van der Waals surface area contributed by atoms with Crippen molar-refractivity contribution in [2.45, 2.75) is 19.4 Å². The van der Waals surface area contributed by atoms with Gasteiger partial charge in [0.15, 0.2) is 0 Å². The van der Waals surface area contributed by atoms with Gasteiger partial charge in [0.05, 0.1) is 23.2 Å². The van der Waals surface area contributed by atoms with Gasteiger partial charge in [-0.3, -0.25) is 9.59 Å². The Balaban J connectivity index is 2.08. The van der Waals surface area contributed by atoms with Crippen LogP contribution < -0.4 is 4.74 Å². The number of carbonyl (C=O) groups excluding carboxylic acids is 2. The van der Waals surface area contributed by atoms with Crippen molar-refractivity contribution >= 4 is 45.0 Å². The molecule has 6 nitrogen and oxygen atoms in total. The van der Waals surface area contributed by atoms with E-state index in [4.69, 9.17) is 16.3 Å². The first-order valence-electron chi connectivity index (χ1n) is 10.4. The minimum Gasteiger partial charge on any atom is -0.507 e. The third kappa shape index (κ3) is 5.17. The predicted octanol–water partition coefficient (Wildman–Crippen LogP) is 4.87. The summed E-state index contributed by atoms with van der Waals surface area (Å²) >= 11 is 9.71. The summed E-state index contributed by atoms with van der Waals surface area (Å²) in [5.41, 5.74) is 1.16. The van der Waals surface area contributed by atoms with E-state index in [-0.39, 0.29) is 11.3 Å². The van der Waals surface area contributed by atoms with Crippen molar-refractivity contribution in [1.82, 2.24) is 9.80 Å². The Labute approximate surface area is 201 Å². The summed E-state index contributed by atoms with van der Waals surface area (Å²) in [6.07, 6.45) is 0.696. The zero-order valence-corrected chi connectivity index (χ0v) is 20.6. The van der Waals surface area contributed by atoms with E-state index in [1.807, 2.05) is 50.2 Å². The van der Waals surface area contributed by atoms with Crippen LogP contribution in [-0.4, -0.2) is 60.4 Å². The second kappa shape index (κ2) is 10.5. The molecule has 1 amide bonds. The average molecular weight is 522 g/mol. The van der Waals surface area contributed by atoms with Crippen LogP contribution in [0.4, 0.5) is 0 Å². The molecule has 3 rings (SSSR count). The van der Waals surface area contributed by atoms with Crippen LogP contribution in [0.25, 0.3) is 5.76 Å². The number of hydrogen-bond acceptors (Lipinski definition) is 5. The number of ketones is 1. The smallest absolute Gasteiger partial charge is 0.295 e. The highest BCUT2D eigenvalue weighted by Crippen LogP contribution is 2.40. The molecule has 0 saturated carbocycles. The number of benzene rings is 2. The molecule has 1 aliphatic heterocycles. The number of aliphatic hydroxyl groups excluding tert-OH is 1. The van der Waals surface area contributed by atoms with Gasteiger partial charge < -0.3 is 19.6 Å². The molecule has 0 bridgehead atoms. The number of nitrogens with zero attached hydrogens (tertiary/aromatic N) is 2. The van der Waals surface area contributed by atoms with Crippen LogP contribution in [0.3, 0.4) is 0 Å². The molecule has 32 heavy (non-hydrogen) atoms. The van der Waals surface area contributed by atoms with E-state index in [0.29, 0.717) is 35.9 Å². The predicted molar refractivity (Wildman–Crippen MR) is 129 cm³/mol. The van der Waals surface area contributed by atoms with Crippen LogP contribution in [0.2, 0.25) is 5.02 Å².